The fraction of sp³-hybridized carbons (Fsp3) is 1.00. The molecule has 4 rings (SSSR count). The van der Waals surface area contributed by atoms with E-state index in [1.165, 1.54) is 19.3 Å². The molecule has 4 fully saturated rings. The predicted molar refractivity (Wildman–Crippen MR) is 85.5 cm³/mol. The van der Waals surface area contributed by atoms with E-state index in [1.54, 1.807) is 38.5 Å². The van der Waals surface area contributed by atoms with Crippen molar-refractivity contribution >= 4 is 0 Å². The molecule has 2 bridgehead atoms. The maximum atomic E-state index is 2.72. The van der Waals surface area contributed by atoms with Crippen LogP contribution in [-0.2, 0) is 0 Å². The number of hydrogen-bond donors (Lipinski definition) is 0. The minimum Gasteiger partial charge on any atom is -0.0622 e. The Bertz CT molecular complexity index is 404. The predicted octanol–water partition coefficient (Wildman–Crippen LogP) is 6.06. The van der Waals surface area contributed by atoms with Crippen LogP contribution in [0.15, 0.2) is 0 Å². The Morgan fingerprint density at radius 3 is 2.40 bits per heavy atom. The molecule has 4 aliphatic carbocycles. The Labute approximate surface area is 126 Å². The first-order valence-corrected chi connectivity index (χ1v) is 9.37. The molecular weight excluding hydrogens is 240 g/mol. The van der Waals surface area contributed by atoms with Crippen LogP contribution in [0.3, 0.4) is 0 Å². The molecular formula is C20H34. The summed E-state index contributed by atoms with van der Waals surface area (Å²) in [5.74, 6) is 4.18. The maximum Gasteiger partial charge on any atom is -0.0258 e. The molecule has 0 saturated heterocycles. The molecule has 1 spiro atoms. The third kappa shape index (κ3) is 1.60. The Morgan fingerprint density at radius 2 is 1.60 bits per heavy atom. The van der Waals surface area contributed by atoms with Gasteiger partial charge in [-0.25, -0.2) is 0 Å². The van der Waals surface area contributed by atoms with E-state index in [-0.39, 0.29) is 0 Å². The Hall–Kier alpha value is 0. The Morgan fingerprint density at radius 1 is 0.800 bits per heavy atom. The molecule has 0 amide bonds. The normalized spacial score (nSPS) is 57.0. The van der Waals surface area contributed by atoms with E-state index in [2.05, 4.69) is 27.7 Å². The summed E-state index contributed by atoms with van der Waals surface area (Å²) in [4.78, 5) is 0. The van der Waals surface area contributed by atoms with Crippen molar-refractivity contribution in [3.05, 3.63) is 0 Å². The molecule has 0 aromatic rings. The van der Waals surface area contributed by atoms with Gasteiger partial charge in [-0.3, -0.25) is 0 Å². The highest BCUT2D eigenvalue weighted by Crippen LogP contribution is 2.72. The topological polar surface area (TPSA) is 0 Å². The number of hydrogen-bond acceptors (Lipinski definition) is 0. The monoisotopic (exact) mass is 274 g/mol. The summed E-state index contributed by atoms with van der Waals surface area (Å²) in [5.41, 5.74) is 2.06. The van der Waals surface area contributed by atoms with Gasteiger partial charge in [0.25, 0.3) is 0 Å². The third-order valence-electron chi connectivity index (χ3n) is 8.77. The molecule has 0 heterocycles. The molecule has 0 heteroatoms. The molecule has 6 atom stereocenters. The molecule has 4 aliphatic rings. The van der Waals surface area contributed by atoms with Crippen LogP contribution in [0.4, 0.5) is 0 Å². The molecule has 0 radical (unpaired) electrons. The highest BCUT2D eigenvalue weighted by molar-refractivity contribution is 5.12. The van der Waals surface area contributed by atoms with Crippen molar-refractivity contribution in [1.29, 1.82) is 0 Å². The van der Waals surface area contributed by atoms with Crippen molar-refractivity contribution < 1.29 is 0 Å². The first kappa shape index (κ1) is 13.6. The first-order valence-electron chi connectivity index (χ1n) is 9.37. The van der Waals surface area contributed by atoms with E-state index in [9.17, 15) is 0 Å². The van der Waals surface area contributed by atoms with Gasteiger partial charge >= 0.3 is 0 Å². The van der Waals surface area contributed by atoms with Crippen LogP contribution in [-0.4, -0.2) is 0 Å². The average Bonchev–Trinajstić information content (AvgIpc) is 2.58. The minimum absolute atomic E-state index is 0.607. The molecule has 0 N–H and O–H groups in total. The lowest BCUT2D eigenvalue weighted by atomic mass is 9.41. The van der Waals surface area contributed by atoms with Crippen LogP contribution in [0, 0.1) is 39.9 Å². The minimum atomic E-state index is 0.607. The van der Waals surface area contributed by atoms with Gasteiger partial charge < -0.3 is 0 Å². The fourth-order valence-electron chi connectivity index (χ4n) is 8.12. The van der Waals surface area contributed by atoms with E-state index >= 15 is 0 Å². The molecule has 0 aromatic heterocycles. The van der Waals surface area contributed by atoms with Crippen molar-refractivity contribution in [2.24, 2.45) is 39.9 Å². The highest BCUT2D eigenvalue weighted by Gasteiger charge is 2.63. The largest absolute Gasteiger partial charge is 0.0622 e. The van der Waals surface area contributed by atoms with Crippen molar-refractivity contribution in [2.75, 3.05) is 0 Å². The summed E-state index contributed by atoms with van der Waals surface area (Å²) in [5, 5.41) is 0. The summed E-state index contributed by atoms with van der Waals surface area (Å²) in [6.45, 7) is 10.4. The molecule has 0 nitrogen and oxygen atoms in total. The van der Waals surface area contributed by atoms with Gasteiger partial charge in [0.1, 0.15) is 0 Å². The second-order valence-electron chi connectivity index (χ2n) is 10.1. The van der Waals surface area contributed by atoms with Crippen molar-refractivity contribution in [1.82, 2.24) is 0 Å². The summed E-state index contributed by atoms with van der Waals surface area (Å²) < 4.78 is 0. The fourth-order valence-corrected chi connectivity index (χ4v) is 8.12. The lowest BCUT2D eigenvalue weighted by Crippen LogP contribution is -2.55. The smallest absolute Gasteiger partial charge is 0.0258 e. The zero-order chi connectivity index (χ0) is 14.2. The van der Waals surface area contributed by atoms with Crippen LogP contribution in [0.2, 0.25) is 0 Å². The summed E-state index contributed by atoms with van der Waals surface area (Å²) >= 11 is 0. The van der Waals surface area contributed by atoms with Crippen LogP contribution in [0.25, 0.3) is 0 Å². The zero-order valence-electron chi connectivity index (χ0n) is 14.2. The molecule has 20 heavy (non-hydrogen) atoms. The first-order chi connectivity index (χ1) is 9.37. The van der Waals surface area contributed by atoms with Crippen LogP contribution in [0.5, 0.6) is 0 Å². The van der Waals surface area contributed by atoms with E-state index in [1.807, 2.05) is 0 Å². The van der Waals surface area contributed by atoms with E-state index in [0.717, 1.165) is 29.1 Å². The summed E-state index contributed by atoms with van der Waals surface area (Å²) in [7, 11) is 0. The van der Waals surface area contributed by atoms with Gasteiger partial charge in [-0.15, -0.1) is 0 Å². The van der Waals surface area contributed by atoms with Gasteiger partial charge in [-0.05, 0) is 91.3 Å². The van der Waals surface area contributed by atoms with Crippen LogP contribution in [0.1, 0.15) is 85.5 Å². The lowest BCUT2D eigenvalue weighted by Gasteiger charge is -2.64. The lowest BCUT2D eigenvalue weighted by molar-refractivity contribution is -0.144. The molecule has 0 aliphatic heterocycles. The number of rotatable bonds is 0. The summed E-state index contributed by atoms with van der Waals surface area (Å²) in [6.07, 6.45) is 13.9. The van der Waals surface area contributed by atoms with Crippen LogP contribution < -0.4 is 0 Å². The van der Waals surface area contributed by atoms with E-state index in [0.29, 0.717) is 10.8 Å². The SMILES string of the molecule is C[C@H]1C[C@@]23CC[C@@H]4C(C)(C)CCC[C@@]4(C)[C@@H]2CC[C@H]1C3. The van der Waals surface area contributed by atoms with Gasteiger partial charge in [0.15, 0.2) is 0 Å². The molecule has 4 saturated carbocycles. The Kier molecular flexibility index (Phi) is 2.76. The quantitative estimate of drug-likeness (QED) is 0.504. The van der Waals surface area contributed by atoms with Gasteiger partial charge in [0.05, 0.1) is 0 Å². The van der Waals surface area contributed by atoms with Gasteiger partial charge in [0.2, 0.25) is 0 Å². The van der Waals surface area contributed by atoms with E-state index in [4.69, 9.17) is 0 Å². The van der Waals surface area contributed by atoms with Crippen molar-refractivity contribution in [3.8, 4) is 0 Å². The molecule has 114 valence electrons. The highest BCUT2D eigenvalue weighted by atomic mass is 14.7. The zero-order valence-corrected chi connectivity index (χ0v) is 14.2. The molecule has 0 aromatic carbocycles. The third-order valence-corrected chi connectivity index (χ3v) is 8.77. The number of fused-ring (bicyclic) bond motifs is 3. The molecule has 0 unspecified atom stereocenters. The van der Waals surface area contributed by atoms with Gasteiger partial charge in [0, 0.05) is 0 Å². The Balaban J connectivity index is 1.72. The van der Waals surface area contributed by atoms with Crippen molar-refractivity contribution in [2.45, 2.75) is 85.5 Å². The second-order valence-corrected chi connectivity index (χ2v) is 10.1. The van der Waals surface area contributed by atoms with E-state index < -0.39 is 0 Å². The van der Waals surface area contributed by atoms with Gasteiger partial charge in [-0.2, -0.15) is 0 Å². The standard InChI is InChI=1S/C20H34/c1-14-12-20-11-8-16-18(2,3)9-5-10-19(16,4)17(20)7-6-15(14)13-20/h14-17H,5-13H2,1-4H3/t14-,15-,16+,17-,19+,20+/m0/s1. The van der Waals surface area contributed by atoms with Gasteiger partial charge in [-0.1, -0.05) is 34.1 Å². The summed E-state index contributed by atoms with van der Waals surface area (Å²) in [6, 6.07) is 0. The average molecular weight is 274 g/mol. The maximum absolute atomic E-state index is 2.72. The van der Waals surface area contributed by atoms with Crippen LogP contribution >= 0.6 is 0 Å². The van der Waals surface area contributed by atoms with Crippen molar-refractivity contribution in [3.63, 3.8) is 0 Å². The second kappa shape index (κ2) is 4.05.